The second-order valence-electron chi connectivity index (χ2n) is 4.45. The number of nitrogens with one attached hydrogen (secondary N) is 1. The molecule has 0 saturated carbocycles. The van der Waals surface area contributed by atoms with Crippen LogP contribution in [-0.2, 0) is 10.0 Å². The van der Waals surface area contributed by atoms with Crippen molar-refractivity contribution in [1.82, 2.24) is 9.62 Å². The molecule has 1 rings (SSSR count). The van der Waals surface area contributed by atoms with Gasteiger partial charge in [-0.2, -0.15) is 0 Å². The summed E-state index contributed by atoms with van der Waals surface area (Å²) in [6.45, 7) is 6.59. The molecule has 1 N–H and O–H groups in total. The van der Waals surface area contributed by atoms with E-state index in [0.717, 1.165) is 19.4 Å². The molecule has 15 heavy (non-hydrogen) atoms. The van der Waals surface area contributed by atoms with Gasteiger partial charge in [-0.15, -0.1) is 0 Å². The van der Waals surface area contributed by atoms with Gasteiger partial charge in [-0.3, -0.25) is 0 Å². The largest absolute Gasteiger partial charge is 0.314 e. The van der Waals surface area contributed by atoms with Crippen molar-refractivity contribution in [3.63, 3.8) is 0 Å². The van der Waals surface area contributed by atoms with Crippen LogP contribution in [0.3, 0.4) is 0 Å². The average molecular weight is 234 g/mol. The van der Waals surface area contributed by atoms with Crippen molar-refractivity contribution >= 4 is 10.0 Å². The Balaban J connectivity index is 2.48. The van der Waals surface area contributed by atoms with Crippen LogP contribution in [0, 0.1) is 5.92 Å². The Hall–Kier alpha value is -0.130. The fraction of sp³-hybridized carbons (Fsp3) is 1.00. The van der Waals surface area contributed by atoms with Crippen LogP contribution in [0.25, 0.3) is 0 Å². The quantitative estimate of drug-likeness (QED) is 0.777. The third kappa shape index (κ3) is 3.74. The summed E-state index contributed by atoms with van der Waals surface area (Å²) in [5.41, 5.74) is 0. The summed E-state index contributed by atoms with van der Waals surface area (Å²) in [6, 6.07) is 0.475. The molecule has 0 amide bonds. The van der Waals surface area contributed by atoms with Gasteiger partial charge in [0.25, 0.3) is 0 Å². The smallest absolute Gasteiger partial charge is 0.211 e. The lowest BCUT2D eigenvalue weighted by molar-refractivity contribution is 0.221. The lowest BCUT2D eigenvalue weighted by Crippen LogP contribution is -2.49. The minimum Gasteiger partial charge on any atom is -0.314 e. The van der Waals surface area contributed by atoms with Crippen molar-refractivity contribution in [1.29, 1.82) is 0 Å². The third-order valence-corrected chi connectivity index (χ3v) is 4.26. The van der Waals surface area contributed by atoms with Crippen LogP contribution in [0.2, 0.25) is 0 Å². The zero-order valence-corrected chi connectivity index (χ0v) is 10.7. The standard InChI is InChI=1S/C10H22N2O2S/c1-4-6-11-10-5-7-12(8-9(10)2)15(3,13)14/h9-11H,4-8H2,1-3H3. The summed E-state index contributed by atoms with van der Waals surface area (Å²) in [5.74, 6) is 0.403. The molecule has 0 spiro atoms. The summed E-state index contributed by atoms with van der Waals surface area (Å²) >= 11 is 0. The van der Waals surface area contributed by atoms with E-state index >= 15 is 0 Å². The van der Waals surface area contributed by atoms with Crippen LogP contribution < -0.4 is 5.32 Å². The third-order valence-electron chi connectivity index (χ3n) is 2.99. The number of rotatable bonds is 4. The van der Waals surface area contributed by atoms with Gasteiger partial charge in [-0.25, -0.2) is 12.7 Å². The minimum absolute atomic E-state index is 0.403. The Labute approximate surface area is 93.1 Å². The Morgan fingerprint density at radius 3 is 2.60 bits per heavy atom. The number of hydrogen-bond donors (Lipinski definition) is 1. The van der Waals surface area contributed by atoms with Crippen LogP contribution in [0.5, 0.6) is 0 Å². The Morgan fingerprint density at radius 1 is 1.47 bits per heavy atom. The molecule has 2 unspecified atom stereocenters. The van der Waals surface area contributed by atoms with Crippen molar-refractivity contribution < 1.29 is 8.42 Å². The molecule has 1 aliphatic rings. The van der Waals surface area contributed by atoms with E-state index in [2.05, 4.69) is 19.2 Å². The number of sulfonamides is 1. The monoisotopic (exact) mass is 234 g/mol. The van der Waals surface area contributed by atoms with Gasteiger partial charge in [-0.05, 0) is 25.3 Å². The van der Waals surface area contributed by atoms with E-state index in [0.29, 0.717) is 25.0 Å². The van der Waals surface area contributed by atoms with E-state index < -0.39 is 10.0 Å². The van der Waals surface area contributed by atoms with E-state index in [9.17, 15) is 8.42 Å². The van der Waals surface area contributed by atoms with Gasteiger partial charge in [0, 0.05) is 19.1 Å². The van der Waals surface area contributed by atoms with Crippen LogP contribution in [-0.4, -0.2) is 44.7 Å². The lowest BCUT2D eigenvalue weighted by atomic mass is 9.95. The highest BCUT2D eigenvalue weighted by Gasteiger charge is 2.29. The molecule has 1 saturated heterocycles. The van der Waals surface area contributed by atoms with Crippen molar-refractivity contribution in [2.75, 3.05) is 25.9 Å². The van der Waals surface area contributed by atoms with E-state index in [1.165, 1.54) is 6.26 Å². The minimum atomic E-state index is -3.00. The van der Waals surface area contributed by atoms with Gasteiger partial charge in [0.2, 0.25) is 10.0 Å². The first-order chi connectivity index (χ1) is 6.95. The van der Waals surface area contributed by atoms with Gasteiger partial charge in [0.05, 0.1) is 6.26 Å². The molecule has 1 heterocycles. The second-order valence-corrected chi connectivity index (χ2v) is 6.43. The zero-order valence-electron chi connectivity index (χ0n) is 9.86. The molecule has 0 aromatic heterocycles. The maximum Gasteiger partial charge on any atom is 0.211 e. The molecule has 2 atom stereocenters. The van der Waals surface area contributed by atoms with Gasteiger partial charge < -0.3 is 5.32 Å². The van der Waals surface area contributed by atoms with Crippen LogP contribution >= 0.6 is 0 Å². The van der Waals surface area contributed by atoms with Crippen molar-refractivity contribution in [2.24, 2.45) is 5.92 Å². The highest BCUT2D eigenvalue weighted by atomic mass is 32.2. The van der Waals surface area contributed by atoms with Crippen LogP contribution in [0.4, 0.5) is 0 Å². The Bertz CT molecular complexity index is 290. The highest BCUT2D eigenvalue weighted by Crippen LogP contribution is 2.18. The van der Waals surface area contributed by atoms with Crippen molar-refractivity contribution in [3.8, 4) is 0 Å². The highest BCUT2D eigenvalue weighted by molar-refractivity contribution is 7.88. The Kier molecular flexibility index (Phi) is 4.55. The normalized spacial score (nSPS) is 29.3. The molecular formula is C10H22N2O2S. The molecule has 4 nitrogen and oxygen atoms in total. The molecule has 0 aromatic carbocycles. The average Bonchev–Trinajstić information content (AvgIpc) is 2.14. The number of hydrogen-bond acceptors (Lipinski definition) is 3. The molecule has 5 heteroatoms. The molecule has 1 aliphatic heterocycles. The molecule has 0 aromatic rings. The van der Waals surface area contributed by atoms with Crippen LogP contribution in [0.1, 0.15) is 26.7 Å². The number of piperidine rings is 1. The molecular weight excluding hydrogens is 212 g/mol. The number of nitrogens with zero attached hydrogens (tertiary/aromatic N) is 1. The first kappa shape index (κ1) is 12.9. The van der Waals surface area contributed by atoms with Gasteiger partial charge in [0.1, 0.15) is 0 Å². The molecule has 1 fully saturated rings. The zero-order chi connectivity index (χ0) is 11.5. The van der Waals surface area contributed by atoms with Crippen molar-refractivity contribution in [3.05, 3.63) is 0 Å². The Morgan fingerprint density at radius 2 is 2.13 bits per heavy atom. The summed E-state index contributed by atoms with van der Waals surface area (Å²) in [7, 11) is -3.00. The summed E-state index contributed by atoms with van der Waals surface area (Å²) < 4.78 is 24.3. The van der Waals surface area contributed by atoms with Gasteiger partial charge in [-0.1, -0.05) is 13.8 Å². The summed E-state index contributed by atoms with van der Waals surface area (Å²) in [4.78, 5) is 0. The molecule has 0 radical (unpaired) electrons. The lowest BCUT2D eigenvalue weighted by Gasteiger charge is -2.36. The fourth-order valence-electron chi connectivity index (χ4n) is 2.04. The van der Waals surface area contributed by atoms with E-state index in [1.54, 1.807) is 4.31 Å². The van der Waals surface area contributed by atoms with Gasteiger partial charge >= 0.3 is 0 Å². The van der Waals surface area contributed by atoms with E-state index in [4.69, 9.17) is 0 Å². The van der Waals surface area contributed by atoms with Crippen LogP contribution in [0.15, 0.2) is 0 Å². The SMILES string of the molecule is CCCNC1CCN(S(C)(=O)=O)CC1C. The van der Waals surface area contributed by atoms with Crippen molar-refractivity contribution in [2.45, 2.75) is 32.7 Å². The molecule has 0 aliphatic carbocycles. The summed E-state index contributed by atoms with van der Waals surface area (Å²) in [6.07, 6.45) is 3.34. The van der Waals surface area contributed by atoms with E-state index in [1.807, 2.05) is 0 Å². The summed E-state index contributed by atoms with van der Waals surface area (Å²) in [5, 5.41) is 3.47. The molecule has 90 valence electrons. The maximum atomic E-state index is 11.4. The first-order valence-electron chi connectivity index (χ1n) is 5.63. The van der Waals surface area contributed by atoms with Gasteiger partial charge in [0.15, 0.2) is 0 Å². The second kappa shape index (κ2) is 5.27. The fourth-order valence-corrected chi connectivity index (χ4v) is 2.98. The topological polar surface area (TPSA) is 49.4 Å². The predicted molar refractivity (Wildman–Crippen MR) is 62.3 cm³/mol. The first-order valence-corrected chi connectivity index (χ1v) is 7.48. The predicted octanol–water partition coefficient (Wildman–Crippen LogP) is 0.656. The maximum absolute atomic E-state index is 11.4. The molecule has 0 bridgehead atoms. The van der Waals surface area contributed by atoms with E-state index in [-0.39, 0.29) is 0 Å².